The first kappa shape index (κ1) is 45.8. The molecule has 3 aliphatic rings. The van der Waals surface area contributed by atoms with Crippen LogP contribution in [0.25, 0.3) is 0 Å². The van der Waals surface area contributed by atoms with Gasteiger partial charge in [0.2, 0.25) is 0 Å². The summed E-state index contributed by atoms with van der Waals surface area (Å²) in [4.78, 5) is 29.7. The summed E-state index contributed by atoms with van der Waals surface area (Å²) in [6.45, 7) is 21.7. The highest BCUT2D eigenvalue weighted by Crippen LogP contribution is 2.54. The maximum atomic E-state index is 12.5. The molecule has 3 fully saturated rings. The van der Waals surface area contributed by atoms with Crippen molar-refractivity contribution in [3.05, 3.63) is 46.2 Å². The van der Waals surface area contributed by atoms with Crippen molar-refractivity contribution < 1.29 is 14.3 Å². The molecule has 0 radical (unpaired) electrons. The van der Waals surface area contributed by atoms with Gasteiger partial charge in [0, 0.05) is 24.4 Å². The zero-order valence-electron chi connectivity index (χ0n) is 31.4. The second-order valence-corrected chi connectivity index (χ2v) is 12.5. The largest absolute Gasteiger partial charge is 0.394 e. The van der Waals surface area contributed by atoms with Gasteiger partial charge in [-0.1, -0.05) is 97.8 Å². The number of ether oxygens (including phenoxy) is 1. The summed E-state index contributed by atoms with van der Waals surface area (Å²) < 4.78 is 5.26. The van der Waals surface area contributed by atoms with Gasteiger partial charge in [0.15, 0.2) is 5.78 Å². The Bertz CT molecular complexity index is 1100. The molecule has 4 rings (SSSR count). The topological polar surface area (TPSA) is 85.0 Å². The van der Waals surface area contributed by atoms with Gasteiger partial charge < -0.3 is 15.4 Å². The summed E-state index contributed by atoms with van der Waals surface area (Å²) in [6, 6.07) is 6.38. The van der Waals surface area contributed by atoms with E-state index >= 15 is 0 Å². The lowest BCUT2D eigenvalue weighted by atomic mass is 10.0. The van der Waals surface area contributed by atoms with E-state index in [9.17, 15) is 9.59 Å². The Morgan fingerprint density at radius 1 is 0.957 bits per heavy atom. The predicted octanol–water partition coefficient (Wildman–Crippen LogP) is 8.66. The quantitative estimate of drug-likeness (QED) is 0.165. The van der Waals surface area contributed by atoms with Gasteiger partial charge in [0.1, 0.15) is 5.70 Å². The summed E-state index contributed by atoms with van der Waals surface area (Å²) >= 11 is 0. The third-order valence-corrected chi connectivity index (χ3v) is 8.74. The molecule has 47 heavy (non-hydrogen) atoms. The number of hydrogen-bond donors (Lipinski definition) is 1. The molecular weight excluding hydrogens is 582 g/mol. The number of aliphatic imine (C=N–C) groups is 1. The highest BCUT2D eigenvalue weighted by molar-refractivity contribution is 6.11. The molecule has 2 N–H and O–H groups in total. The van der Waals surface area contributed by atoms with E-state index < -0.39 is 0 Å². The Morgan fingerprint density at radius 2 is 1.51 bits per heavy atom. The Morgan fingerprint density at radius 3 is 1.96 bits per heavy atom. The smallest absolute Gasteiger partial charge is 0.270 e. The Kier molecular flexibility index (Phi) is 27.0. The van der Waals surface area contributed by atoms with Crippen LogP contribution in [-0.4, -0.2) is 55.2 Å². The van der Waals surface area contributed by atoms with Crippen molar-refractivity contribution in [2.75, 3.05) is 32.8 Å². The number of allylic oxidation sites excluding steroid dienone is 1. The summed E-state index contributed by atoms with van der Waals surface area (Å²) in [7, 11) is 0. The van der Waals surface area contributed by atoms with Crippen LogP contribution in [0.3, 0.4) is 0 Å². The van der Waals surface area contributed by atoms with Crippen LogP contribution in [0.15, 0.2) is 34.5 Å². The van der Waals surface area contributed by atoms with Crippen molar-refractivity contribution in [1.29, 1.82) is 0 Å². The van der Waals surface area contributed by atoms with Crippen LogP contribution in [0.5, 0.6) is 0 Å². The van der Waals surface area contributed by atoms with Crippen molar-refractivity contribution in [3.8, 4) is 25.7 Å². The number of nitrogens with two attached hydrogens (primary N) is 1. The van der Waals surface area contributed by atoms with E-state index in [0.717, 1.165) is 30.0 Å². The molecule has 0 aromatic heterocycles. The molecule has 2 aliphatic carbocycles. The zero-order valence-corrected chi connectivity index (χ0v) is 31.4. The third-order valence-electron chi connectivity index (χ3n) is 8.74. The molecule has 6 heteroatoms. The summed E-state index contributed by atoms with van der Waals surface area (Å²) in [5.41, 5.74) is 12.4. The van der Waals surface area contributed by atoms with Gasteiger partial charge in [0.05, 0.1) is 19.8 Å². The van der Waals surface area contributed by atoms with Gasteiger partial charge >= 0.3 is 0 Å². The number of aryl methyl sites for hydroxylation is 2. The van der Waals surface area contributed by atoms with Crippen LogP contribution in [-0.2, 0) is 14.3 Å². The third kappa shape index (κ3) is 18.5. The summed E-state index contributed by atoms with van der Waals surface area (Å²) in [5.74, 6) is 1.82. The van der Waals surface area contributed by atoms with E-state index in [4.69, 9.17) is 10.5 Å². The van der Waals surface area contributed by atoms with E-state index in [1.807, 2.05) is 0 Å². The van der Waals surface area contributed by atoms with Gasteiger partial charge in [-0.25, -0.2) is 0 Å². The maximum Gasteiger partial charge on any atom is 0.270 e. The highest BCUT2D eigenvalue weighted by atomic mass is 16.5. The molecule has 1 saturated heterocycles. The van der Waals surface area contributed by atoms with E-state index in [0.29, 0.717) is 43.8 Å². The minimum absolute atomic E-state index is 0.0282. The van der Waals surface area contributed by atoms with Crippen LogP contribution >= 0.6 is 0 Å². The second kappa shape index (κ2) is 27.7. The minimum atomic E-state index is -0.114. The number of benzene rings is 1. The number of carbonyl (C=O) groups is 2. The molecule has 1 amide bonds. The van der Waals surface area contributed by atoms with Crippen LogP contribution in [0.4, 0.5) is 0 Å². The number of unbranched alkanes of at least 4 members (excludes halogenated alkanes) is 3. The average molecular weight is 650 g/mol. The van der Waals surface area contributed by atoms with Crippen molar-refractivity contribution in [1.82, 2.24) is 4.90 Å². The molecule has 6 nitrogen and oxygen atoms in total. The molecule has 2 saturated carbocycles. The molecule has 3 atom stereocenters. The van der Waals surface area contributed by atoms with Crippen LogP contribution < -0.4 is 5.73 Å². The number of nitrogens with zero attached hydrogens (tertiary/aromatic N) is 2. The van der Waals surface area contributed by atoms with Crippen molar-refractivity contribution in [3.63, 3.8) is 0 Å². The standard InChI is InChI=1S/C15H21N3O3.C9H12.C9H20.C4H10.2C2H2/c1-9(19)8-17-12-7-10-6-11(10)13(12)14(16)15(20)18-2-4-21-5-3-18;1-7-5-4-6-8(2)9(7)3;1-4-6-7-8-9(3)5-2;1-3-4-2;2*1-2/h10-11H,2-8,16H2,1H3;4-6H,1-3H3;9H,4-8H2,1-3H3;3-4H2,1-2H3;2*1-2H/b14-13-,17-12?;;;;;. The fourth-order valence-electron chi connectivity index (χ4n) is 5.01. The predicted molar refractivity (Wildman–Crippen MR) is 202 cm³/mol. The van der Waals surface area contributed by atoms with Gasteiger partial charge in [-0.3, -0.25) is 14.6 Å². The lowest BCUT2D eigenvalue weighted by Gasteiger charge is -2.27. The number of amides is 1. The molecule has 0 spiro atoms. The molecular formula is C41H67N3O3. The van der Waals surface area contributed by atoms with Gasteiger partial charge in [-0.2, -0.15) is 0 Å². The van der Waals surface area contributed by atoms with E-state index in [1.165, 1.54) is 68.6 Å². The summed E-state index contributed by atoms with van der Waals surface area (Å²) in [5, 5.41) is 0. The first-order valence-corrected chi connectivity index (χ1v) is 17.6. The number of rotatable bonds is 9. The molecule has 3 unspecified atom stereocenters. The Balaban J connectivity index is 0. The molecule has 1 aliphatic heterocycles. The molecule has 1 aromatic carbocycles. The van der Waals surface area contributed by atoms with Crippen LogP contribution in [0, 0.1) is 64.2 Å². The van der Waals surface area contributed by atoms with Crippen LogP contribution in [0.1, 0.15) is 116 Å². The molecule has 264 valence electrons. The summed E-state index contributed by atoms with van der Waals surface area (Å²) in [6.07, 6.45) is 27.6. The number of Topliss-reactive ketones (excluding diaryl/α,β-unsaturated/α-hetero) is 1. The number of morpholine rings is 1. The number of fused-ring (bicyclic) bond motifs is 1. The number of hydrogen-bond acceptors (Lipinski definition) is 5. The molecule has 1 aromatic rings. The first-order valence-electron chi connectivity index (χ1n) is 17.6. The number of carbonyl (C=O) groups excluding carboxylic acids is 2. The molecule has 0 bridgehead atoms. The normalized spacial score (nSPS) is 19.5. The van der Waals surface area contributed by atoms with Crippen LogP contribution in [0.2, 0.25) is 0 Å². The minimum Gasteiger partial charge on any atom is -0.394 e. The van der Waals surface area contributed by atoms with Gasteiger partial charge in [0.25, 0.3) is 5.91 Å². The Labute approximate surface area is 289 Å². The second-order valence-electron chi connectivity index (χ2n) is 12.5. The zero-order chi connectivity index (χ0) is 36.4. The average Bonchev–Trinajstić information content (AvgIpc) is 3.77. The SMILES string of the molecule is C#C.C#C.CC(=O)CN=C1CC2CC2/C1=C(/N)C(=O)N1CCOCC1.CCCC.CCCCCC(C)CC.Cc1cccc(C)c1C. The van der Waals surface area contributed by atoms with E-state index in [-0.39, 0.29) is 18.2 Å². The molecule has 1 heterocycles. The first-order chi connectivity index (χ1) is 22.5. The lowest BCUT2D eigenvalue weighted by Crippen LogP contribution is -2.43. The fraction of sp³-hybridized carbons (Fsp3) is 0.634. The maximum absolute atomic E-state index is 12.5. The van der Waals surface area contributed by atoms with Crippen molar-refractivity contribution >= 4 is 17.4 Å². The Hall–Kier alpha value is -3.35. The van der Waals surface area contributed by atoms with Crippen molar-refractivity contribution in [2.45, 2.75) is 120 Å². The monoisotopic (exact) mass is 650 g/mol. The highest BCUT2D eigenvalue weighted by Gasteiger charge is 2.50. The number of ketones is 1. The lowest BCUT2D eigenvalue weighted by molar-refractivity contribution is -0.131. The van der Waals surface area contributed by atoms with E-state index in [2.05, 4.69) is 104 Å². The number of terminal acetylenes is 2. The van der Waals surface area contributed by atoms with E-state index in [1.54, 1.807) is 4.90 Å². The van der Waals surface area contributed by atoms with Crippen molar-refractivity contribution in [2.24, 2.45) is 28.5 Å². The van der Waals surface area contributed by atoms with Gasteiger partial charge in [-0.05, 0) is 75.0 Å². The van der Waals surface area contributed by atoms with Gasteiger partial charge in [-0.15, -0.1) is 25.7 Å². The fourth-order valence-corrected chi connectivity index (χ4v) is 5.01.